The minimum absolute atomic E-state index is 0.388. The first-order chi connectivity index (χ1) is 9.13. The van der Waals surface area contributed by atoms with Crippen LogP contribution in [0, 0.1) is 0 Å². The van der Waals surface area contributed by atoms with Crippen LogP contribution in [-0.2, 0) is 4.79 Å². The van der Waals surface area contributed by atoms with E-state index < -0.39 is 11.9 Å². The number of hydrogen-bond donors (Lipinski definition) is 2. The van der Waals surface area contributed by atoms with Crippen molar-refractivity contribution in [2.45, 2.75) is 26.2 Å². The summed E-state index contributed by atoms with van der Waals surface area (Å²) in [6, 6.07) is 6.73. The lowest BCUT2D eigenvalue weighted by Gasteiger charge is -2.07. The molecular weight excluding hydrogens is 246 g/mol. The fourth-order valence-corrected chi connectivity index (χ4v) is 1.53. The molecule has 1 aromatic carbocycles. The molecule has 0 heterocycles. The molecule has 0 aliphatic heterocycles. The van der Waals surface area contributed by atoms with Gasteiger partial charge in [-0.15, -0.1) is 0 Å². The van der Waals surface area contributed by atoms with Crippen molar-refractivity contribution in [1.82, 2.24) is 5.32 Å². The van der Waals surface area contributed by atoms with Gasteiger partial charge in [0, 0.05) is 5.56 Å². The summed E-state index contributed by atoms with van der Waals surface area (Å²) in [6.07, 6.45) is 3.21. The van der Waals surface area contributed by atoms with Crippen molar-refractivity contribution in [3.8, 4) is 5.75 Å². The molecule has 19 heavy (non-hydrogen) atoms. The van der Waals surface area contributed by atoms with Crippen molar-refractivity contribution < 1.29 is 19.4 Å². The third-order valence-electron chi connectivity index (χ3n) is 2.51. The molecule has 0 fully saturated rings. The average molecular weight is 265 g/mol. The normalized spacial score (nSPS) is 9.95. The van der Waals surface area contributed by atoms with Gasteiger partial charge in [0.25, 0.3) is 5.91 Å². The molecule has 0 saturated heterocycles. The Bertz CT molecular complexity index is 431. The third kappa shape index (κ3) is 5.90. The first kappa shape index (κ1) is 15.0. The number of ether oxygens (including phenoxy) is 1. The van der Waals surface area contributed by atoms with E-state index in [1.807, 2.05) is 0 Å². The van der Waals surface area contributed by atoms with Gasteiger partial charge < -0.3 is 15.2 Å². The highest BCUT2D eigenvalue weighted by Gasteiger charge is 2.07. The summed E-state index contributed by atoms with van der Waals surface area (Å²) in [5.74, 6) is -0.860. The molecule has 2 N–H and O–H groups in total. The van der Waals surface area contributed by atoms with Crippen LogP contribution >= 0.6 is 0 Å². The molecule has 5 heteroatoms. The maximum absolute atomic E-state index is 11.6. The Morgan fingerprint density at radius 1 is 1.32 bits per heavy atom. The number of amides is 1. The van der Waals surface area contributed by atoms with Gasteiger partial charge in [0.1, 0.15) is 12.3 Å². The van der Waals surface area contributed by atoms with Gasteiger partial charge in [0.05, 0.1) is 6.61 Å². The zero-order chi connectivity index (χ0) is 14.1. The molecule has 1 amide bonds. The van der Waals surface area contributed by atoms with Crippen molar-refractivity contribution in [1.29, 1.82) is 0 Å². The van der Waals surface area contributed by atoms with Crippen molar-refractivity contribution in [3.05, 3.63) is 29.8 Å². The van der Waals surface area contributed by atoms with Gasteiger partial charge in [0.2, 0.25) is 0 Å². The van der Waals surface area contributed by atoms with Crippen LogP contribution in [0.1, 0.15) is 36.5 Å². The number of carbonyl (C=O) groups is 2. The Labute approximate surface area is 112 Å². The van der Waals surface area contributed by atoms with E-state index in [9.17, 15) is 9.59 Å². The van der Waals surface area contributed by atoms with Crippen molar-refractivity contribution in [2.24, 2.45) is 0 Å². The summed E-state index contributed by atoms with van der Waals surface area (Å²) < 4.78 is 5.53. The van der Waals surface area contributed by atoms with Gasteiger partial charge in [-0.1, -0.05) is 25.8 Å². The highest BCUT2D eigenvalue weighted by Crippen LogP contribution is 2.13. The summed E-state index contributed by atoms with van der Waals surface area (Å²) in [7, 11) is 0. The summed E-state index contributed by atoms with van der Waals surface area (Å²) in [6.45, 7) is 2.35. The van der Waals surface area contributed by atoms with Gasteiger partial charge in [-0.05, 0) is 24.6 Å². The number of nitrogens with one attached hydrogen (secondary N) is 1. The zero-order valence-electron chi connectivity index (χ0n) is 11.0. The minimum atomic E-state index is -1.07. The fourth-order valence-electron chi connectivity index (χ4n) is 1.53. The van der Waals surface area contributed by atoms with Crippen molar-refractivity contribution in [3.63, 3.8) is 0 Å². The smallest absolute Gasteiger partial charge is 0.322 e. The van der Waals surface area contributed by atoms with Crippen molar-refractivity contribution in [2.75, 3.05) is 13.2 Å². The first-order valence-electron chi connectivity index (χ1n) is 6.36. The molecule has 0 radical (unpaired) electrons. The van der Waals surface area contributed by atoms with Crippen LogP contribution in [0.15, 0.2) is 24.3 Å². The predicted octanol–water partition coefficient (Wildman–Crippen LogP) is 2.07. The summed E-state index contributed by atoms with van der Waals surface area (Å²) in [4.78, 5) is 22.0. The van der Waals surface area contributed by atoms with Crippen LogP contribution in [0.5, 0.6) is 5.75 Å². The Balaban J connectivity index is 2.51. The van der Waals surface area contributed by atoms with E-state index in [4.69, 9.17) is 9.84 Å². The van der Waals surface area contributed by atoms with Crippen LogP contribution in [-0.4, -0.2) is 30.1 Å². The van der Waals surface area contributed by atoms with Gasteiger partial charge in [0.15, 0.2) is 0 Å². The molecule has 5 nitrogen and oxygen atoms in total. The second-order valence-electron chi connectivity index (χ2n) is 4.16. The lowest BCUT2D eigenvalue weighted by Crippen LogP contribution is -2.29. The summed E-state index contributed by atoms with van der Waals surface area (Å²) in [5, 5.41) is 10.8. The second kappa shape index (κ2) is 8.13. The minimum Gasteiger partial charge on any atom is -0.494 e. The SMILES string of the molecule is CCCCCOc1cccc(C(=O)NCC(=O)O)c1. The molecule has 104 valence electrons. The van der Waals surface area contributed by atoms with E-state index in [0.717, 1.165) is 19.3 Å². The average Bonchev–Trinajstić information content (AvgIpc) is 2.41. The molecule has 0 spiro atoms. The van der Waals surface area contributed by atoms with Gasteiger partial charge in [-0.3, -0.25) is 9.59 Å². The van der Waals surface area contributed by atoms with Crippen LogP contribution in [0.2, 0.25) is 0 Å². The summed E-state index contributed by atoms with van der Waals surface area (Å²) >= 11 is 0. The first-order valence-corrected chi connectivity index (χ1v) is 6.36. The molecule has 0 aliphatic rings. The Kier molecular flexibility index (Phi) is 6.43. The maximum Gasteiger partial charge on any atom is 0.322 e. The van der Waals surface area contributed by atoms with Gasteiger partial charge in [-0.25, -0.2) is 0 Å². The number of unbranched alkanes of at least 4 members (excludes halogenated alkanes) is 2. The van der Waals surface area contributed by atoms with Crippen LogP contribution < -0.4 is 10.1 Å². The molecule has 1 aromatic rings. The van der Waals surface area contributed by atoms with E-state index in [0.29, 0.717) is 17.9 Å². The zero-order valence-corrected chi connectivity index (χ0v) is 11.0. The predicted molar refractivity (Wildman–Crippen MR) is 71.4 cm³/mol. The molecule has 0 bridgehead atoms. The number of hydrogen-bond acceptors (Lipinski definition) is 3. The van der Waals surface area contributed by atoms with E-state index >= 15 is 0 Å². The van der Waals surface area contributed by atoms with E-state index in [2.05, 4.69) is 12.2 Å². The number of benzene rings is 1. The number of carboxylic acid groups (broad SMARTS) is 1. The van der Waals surface area contributed by atoms with E-state index in [1.165, 1.54) is 0 Å². The van der Waals surface area contributed by atoms with Gasteiger partial charge >= 0.3 is 5.97 Å². The topological polar surface area (TPSA) is 75.6 Å². The monoisotopic (exact) mass is 265 g/mol. The standard InChI is InChI=1S/C14H19NO4/c1-2-3-4-8-19-12-7-5-6-11(9-12)14(18)15-10-13(16)17/h5-7,9H,2-4,8,10H2,1H3,(H,15,18)(H,16,17). The number of rotatable bonds is 8. The molecule has 0 aliphatic carbocycles. The summed E-state index contributed by atoms with van der Waals surface area (Å²) in [5.41, 5.74) is 0.397. The maximum atomic E-state index is 11.6. The van der Waals surface area contributed by atoms with Crippen LogP contribution in [0.4, 0.5) is 0 Å². The third-order valence-corrected chi connectivity index (χ3v) is 2.51. The molecule has 0 unspecified atom stereocenters. The molecule has 0 saturated carbocycles. The molecule has 0 aromatic heterocycles. The van der Waals surface area contributed by atoms with Crippen LogP contribution in [0.3, 0.4) is 0 Å². The largest absolute Gasteiger partial charge is 0.494 e. The Morgan fingerprint density at radius 2 is 2.11 bits per heavy atom. The molecule has 1 rings (SSSR count). The highest BCUT2D eigenvalue weighted by atomic mass is 16.5. The molecule has 0 atom stereocenters. The lowest BCUT2D eigenvalue weighted by molar-refractivity contribution is -0.135. The Morgan fingerprint density at radius 3 is 2.79 bits per heavy atom. The number of carboxylic acids is 1. The molecular formula is C14H19NO4. The highest BCUT2D eigenvalue weighted by molar-refractivity contribution is 5.96. The number of aliphatic carboxylic acids is 1. The second-order valence-corrected chi connectivity index (χ2v) is 4.16. The van der Waals surface area contributed by atoms with E-state index in [1.54, 1.807) is 24.3 Å². The van der Waals surface area contributed by atoms with Crippen LogP contribution in [0.25, 0.3) is 0 Å². The quantitative estimate of drug-likeness (QED) is 0.705. The van der Waals surface area contributed by atoms with E-state index in [-0.39, 0.29) is 6.54 Å². The van der Waals surface area contributed by atoms with Crippen molar-refractivity contribution >= 4 is 11.9 Å². The lowest BCUT2D eigenvalue weighted by atomic mass is 10.2. The van der Waals surface area contributed by atoms with Gasteiger partial charge in [-0.2, -0.15) is 0 Å². The fraction of sp³-hybridized carbons (Fsp3) is 0.429. The Hall–Kier alpha value is -2.04. The number of carbonyl (C=O) groups excluding carboxylic acids is 1.